The number of aromatic nitrogens is 3. The van der Waals surface area contributed by atoms with Gasteiger partial charge in [0, 0.05) is 23.6 Å². The topological polar surface area (TPSA) is 108 Å². The molecular weight excluding hydrogens is 415 g/mol. The van der Waals surface area contributed by atoms with Crippen LogP contribution >= 0.6 is 0 Å². The summed E-state index contributed by atoms with van der Waals surface area (Å²) in [5.74, 6) is 0.465. The molecule has 3 N–H and O–H groups in total. The second-order valence-electron chi connectivity index (χ2n) is 7.32. The van der Waals surface area contributed by atoms with Gasteiger partial charge < -0.3 is 20.2 Å². The first-order valence-electron chi connectivity index (χ1n) is 9.43. The summed E-state index contributed by atoms with van der Waals surface area (Å²) in [6.45, 7) is 0. The lowest BCUT2D eigenvalue weighted by Gasteiger charge is -2.34. The van der Waals surface area contributed by atoms with Crippen molar-refractivity contribution < 1.29 is 27.1 Å². The zero-order chi connectivity index (χ0) is 21.8. The van der Waals surface area contributed by atoms with Gasteiger partial charge in [0.2, 0.25) is 11.9 Å². The highest BCUT2D eigenvalue weighted by atomic mass is 19.4. The molecule has 0 fully saturated rings. The maximum atomic E-state index is 13.2. The van der Waals surface area contributed by atoms with E-state index < -0.39 is 12.4 Å². The van der Waals surface area contributed by atoms with Crippen LogP contribution in [0.4, 0.5) is 25.1 Å². The number of nitrogen functional groups attached to an aromatic ring is 1. The minimum Gasteiger partial charge on any atom is -0.469 e. The van der Waals surface area contributed by atoms with Crippen LogP contribution < -0.4 is 15.8 Å². The molecule has 0 amide bonds. The number of allylic oxidation sites excluding steroid dienone is 2. The molecule has 0 saturated heterocycles. The number of nitrogens with one attached hydrogen (secondary N) is 1. The van der Waals surface area contributed by atoms with Gasteiger partial charge in [0.05, 0.1) is 6.26 Å². The van der Waals surface area contributed by atoms with Crippen molar-refractivity contribution in [1.29, 1.82) is 0 Å². The number of fused-ring (bicyclic) bond motifs is 1. The van der Waals surface area contributed by atoms with Gasteiger partial charge in [0.1, 0.15) is 17.6 Å². The van der Waals surface area contributed by atoms with Gasteiger partial charge >= 0.3 is 6.36 Å². The van der Waals surface area contributed by atoms with Gasteiger partial charge in [-0.3, -0.25) is 4.79 Å². The molecule has 3 heterocycles. The largest absolute Gasteiger partial charge is 0.573 e. The Morgan fingerprint density at radius 2 is 1.97 bits per heavy atom. The molecule has 8 nitrogen and oxygen atoms in total. The third-order valence-electron chi connectivity index (χ3n) is 5.31. The highest BCUT2D eigenvalue weighted by Gasteiger charge is 2.40. The number of benzene rings is 1. The lowest BCUT2D eigenvalue weighted by Crippen LogP contribution is -2.33. The Labute approximate surface area is 173 Å². The summed E-state index contributed by atoms with van der Waals surface area (Å²) in [7, 11) is 0. The van der Waals surface area contributed by atoms with E-state index in [9.17, 15) is 18.0 Å². The van der Waals surface area contributed by atoms with E-state index in [2.05, 4.69) is 20.1 Å². The van der Waals surface area contributed by atoms with Crippen LogP contribution in [-0.2, 0) is 4.79 Å². The van der Waals surface area contributed by atoms with E-state index in [0.717, 1.165) is 0 Å². The summed E-state index contributed by atoms with van der Waals surface area (Å²) in [5.41, 5.74) is 7.47. The molecule has 1 aliphatic heterocycles. The second kappa shape index (κ2) is 6.89. The molecule has 2 atom stereocenters. The highest BCUT2D eigenvalue weighted by molar-refractivity contribution is 6.00. The van der Waals surface area contributed by atoms with Crippen LogP contribution in [0.15, 0.2) is 58.3 Å². The van der Waals surface area contributed by atoms with Gasteiger partial charge in [-0.2, -0.15) is 4.98 Å². The molecule has 2 aromatic heterocycles. The van der Waals surface area contributed by atoms with Gasteiger partial charge in [-0.05, 0) is 36.2 Å². The maximum absolute atomic E-state index is 13.2. The number of nitrogens with zero attached hydrogens (tertiary/aromatic N) is 3. The monoisotopic (exact) mass is 431 g/mol. The van der Waals surface area contributed by atoms with Crippen LogP contribution in [-0.4, -0.2) is 26.9 Å². The number of carbonyl (C=O) groups is 1. The number of furan rings is 1. The first kappa shape index (κ1) is 19.2. The van der Waals surface area contributed by atoms with Crippen LogP contribution in [0.5, 0.6) is 5.75 Å². The van der Waals surface area contributed by atoms with Gasteiger partial charge in [0.25, 0.3) is 0 Å². The van der Waals surface area contributed by atoms with E-state index in [-0.39, 0.29) is 29.8 Å². The number of rotatable bonds is 3. The molecule has 1 aromatic carbocycles. The molecule has 0 unspecified atom stereocenters. The third kappa shape index (κ3) is 3.51. The molecule has 31 heavy (non-hydrogen) atoms. The summed E-state index contributed by atoms with van der Waals surface area (Å²) >= 11 is 0. The van der Waals surface area contributed by atoms with Crippen molar-refractivity contribution in [2.75, 3.05) is 11.1 Å². The van der Waals surface area contributed by atoms with Gasteiger partial charge in [0.15, 0.2) is 5.78 Å². The fraction of sp³-hybridized carbons (Fsp3) is 0.250. The van der Waals surface area contributed by atoms with Crippen molar-refractivity contribution in [2.45, 2.75) is 31.2 Å². The van der Waals surface area contributed by atoms with Crippen molar-refractivity contribution in [3.8, 4) is 5.75 Å². The Morgan fingerprint density at radius 1 is 1.19 bits per heavy atom. The minimum absolute atomic E-state index is 0.0133. The number of anilines is 2. The first-order valence-corrected chi connectivity index (χ1v) is 9.43. The van der Waals surface area contributed by atoms with Crippen molar-refractivity contribution in [1.82, 2.24) is 14.8 Å². The van der Waals surface area contributed by atoms with E-state index >= 15 is 0 Å². The average molecular weight is 431 g/mol. The summed E-state index contributed by atoms with van der Waals surface area (Å²) < 4.78 is 48.4. The van der Waals surface area contributed by atoms with Crippen molar-refractivity contribution >= 4 is 17.7 Å². The Morgan fingerprint density at radius 3 is 2.65 bits per heavy atom. The molecule has 160 valence electrons. The molecule has 0 radical (unpaired) electrons. The highest BCUT2D eigenvalue weighted by Crippen LogP contribution is 2.44. The smallest absolute Gasteiger partial charge is 0.469 e. The fourth-order valence-corrected chi connectivity index (χ4v) is 4.11. The van der Waals surface area contributed by atoms with Crippen LogP contribution in [0, 0.1) is 0 Å². The summed E-state index contributed by atoms with van der Waals surface area (Å²) in [5, 5.41) is 7.33. The first-order chi connectivity index (χ1) is 14.8. The van der Waals surface area contributed by atoms with E-state index in [1.165, 1.54) is 28.9 Å². The molecule has 5 rings (SSSR count). The number of ketones is 1. The lowest BCUT2D eigenvalue weighted by molar-refractivity contribution is -0.274. The van der Waals surface area contributed by atoms with Crippen LogP contribution in [0.25, 0.3) is 0 Å². The van der Waals surface area contributed by atoms with Crippen molar-refractivity contribution in [2.24, 2.45) is 0 Å². The van der Waals surface area contributed by atoms with Gasteiger partial charge in [-0.15, -0.1) is 18.3 Å². The number of Topliss-reactive ketones (excluding diaryl/α,β-unsaturated/α-hetero) is 1. The zero-order valence-corrected chi connectivity index (χ0v) is 15.9. The lowest BCUT2D eigenvalue weighted by atomic mass is 9.79. The minimum atomic E-state index is -4.79. The van der Waals surface area contributed by atoms with Gasteiger partial charge in [-0.25, -0.2) is 4.68 Å². The molecule has 3 aromatic rings. The summed E-state index contributed by atoms with van der Waals surface area (Å²) in [4.78, 5) is 17.4. The standard InChI is InChI=1S/C20H16F3N5O3/c21-20(22,23)31-12-5-3-10(4-6-12)17-16-13(25-19-26-18(24)27-28(17)19)8-11(9-14(16)29)15-2-1-7-30-15/h1-7,11,17H,8-9H2,(H3,24,25,26,27)/t11-,17+/m0/s1. The Balaban J connectivity index is 1.55. The van der Waals surface area contributed by atoms with Crippen LogP contribution in [0.1, 0.15) is 36.1 Å². The quantitative estimate of drug-likeness (QED) is 0.650. The van der Waals surface area contributed by atoms with E-state index in [1.807, 2.05) is 6.07 Å². The molecule has 2 aliphatic rings. The number of carbonyl (C=O) groups excluding carboxylic acids is 1. The fourth-order valence-electron chi connectivity index (χ4n) is 4.11. The average Bonchev–Trinajstić information content (AvgIpc) is 3.34. The molecule has 0 saturated carbocycles. The van der Waals surface area contributed by atoms with E-state index in [0.29, 0.717) is 35.0 Å². The summed E-state index contributed by atoms with van der Waals surface area (Å²) in [6, 6.07) is 8.24. The van der Waals surface area contributed by atoms with Gasteiger partial charge in [-0.1, -0.05) is 12.1 Å². The molecule has 0 spiro atoms. The number of hydrogen-bond donors (Lipinski definition) is 2. The Kier molecular flexibility index (Phi) is 4.27. The molecule has 1 aliphatic carbocycles. The molecular formula is C20H16F3N5O3. The normalized spacial score (nSPS) is 20.8. The SMILES string of the molecule is Nc1nc2n(n1)[C@H](c1ccc(OC(F)(F)F)cc1)C1=C(C[C@H](c3ccco3)CC1=O)N2. The Hall–Kier alpha value is -3.76. The Bertz CT molecular complexity index is 1170. The predicted octanol–water partition coefficient (Wildman–Crippen LogP) is 3.77. The summed E-state index contributed by atoms with van der Waals surface area (Å²) in [6.07, 6.45) is -2.49. The molecule has 0 bridgehead atoms. The second-order valence-corrected chi connectivity index (χ2v) is 7.32. The van der Waals surface area contributed by atoms with E-state index in [1.54, 1.807) is 12.3 Å². The van der Waals surface area contributed by atoms with E-state index in [4.69, 9.17) is 10.2 Å². The van der Waals surface area contributed by atoms with Crippen molar-refractivity contribution in [3.05, 3.63) is 65.3 Å². The maximum Gasteiger partial charge on any atom is 0.573 e. The van der Waals surface area contributed by atoms with Crippen molar-refractivity contribution in [3.63, 3.8) is 0 Å². The van der Waals surface area contributed by atoms with Crippen LogP contribution in [0.3, 0.4) is 0 Å². The predicted molar refractivity (Wildman–Crippen MR) is 102 cm³/mol. The third-order valence-corrected chi connectivity index (χ3v) is 5.31. The number of alkyl halides is 3. The number of halogens is 3. The molecule has 11 heteroatoms. The van der Waals surface area contributed by atoms with Crippen LogP contribution in [0.2, 0.25) is 0 Å². The number of hydrogen-bond acceptors (Lipinski definition) is 7. The zero-order valence-electron chi connectivity index (χ0n) is 15.9. The number of nitrogens with two attached hydrogens (primary N) is 1. The number of ether oxygens (including phenoxy) is 1.